The molecule has 1 heterocycles. The first kappa shape index (κ1) is 15.8. The van der Waals surface area contributed by atoms with Crippen LogP contribution in [-0.2, 0) is 6.42 Å². The average molecular weight is 296 g/mol. The molecule has 0 bridgehead atoms. The predicted molar refractivity (Wildman–Crippen MR) is 78.2 cm³/mol. The van der Waals surface area contributed by atoms with E-state index in [1.807, 2.05) is 37.3 Å². The molecule has 2 nitrogen and oxygen atoms in total. The summed E-state index contributed by atoms with van der Waals surface area (Å²) in [6.07, 6.45) is -3.91. The van der Waals surface area contributed by atoms with E-state index >= 15 is 0 Å². The molecule has 1 aromatic carbocycles. The molecule has 1 aromatic heterocycles. The Labute approximate surface area is 122 Å². The number of hydrogen-bond acceptors (Lipinski definition) is 2. The second-order valence-corrected chi connectivity index (χ2v) is 5.17. The molecule has 2 rings (SSSR count). The maximum absolute atomic E-state index is 12.6. The molecule has 0 aliphatic rings. The van der Waals surface area contributed by atoms with Gasteiger partial charge in [0.1, 0.15) is 0 Å². The summed E-state index contributed by atoms with van der Waals surface area (Å²) in [7, 11) is 0. The molecule has 1 atom stereocenters. The van der Waals surface area contributed by atoms with Gasteiger partial charge >= 0.3 is 6.18 Å². The Hall–Kier alpha value is -1.62. The van der Waals surface area contributed by atoms with Crippen molar-refractivity contribution in [2.45, 2.75) is 38.4 Å². The number of benzene rings is 1. The molecule has 0 saturated carbocycles. The number of para-hydroxylation sites is 1. The minimum absolute atomic E-state index is 0.282. The third-order valence-corrected chi connectivity index (χ3v) is 3.27. The van der Waals surface area contributed by atoms with Crippen LogP contribution < -0.4 is 5.32 Å². The van der Waals surface area contributed by atoms with E-state index in [0.717, 1.165) is 17.3 Å². The first-order chi connectivity index (χ1) is 9.98. The average Bonchev–Trinajstić information content (AvgIpc) is 2.43. The monoisotopic (exact) mass is 296 g/mol. The normalized spacial score (nSPS) is 13.5. The molecule has 21 heavy (non-hydrogen) atoms. The molecule has 0 saturated heterocycles. The van der Waals surface area contributed by atoms with Gasteiger partial charge in [0.25, 0.3) is 0 Å². The molecule has 2 aromatic rings. The van der Waals surface area contributed by atoms with Gasteiger partial charge < -0.3 is 5.32 Å². The van der Waals surface area contributed by atoms with Crippen molar-refractivity contribution in [1.82, 2.24) is 10.3 Å². The molecule has 0 aliphatic heterocycles. The summed E-state index contributed by atoms with van der Waals surface area (Å²) >= 11 is 0. The quantitative estimate of drug-likeness (QED) is 0.868. The van der Waals surface area contributed by atoms with E-state index in [1.165, 1.54) is 0 Å². The lowest BCUT2D eigenvalue weighted by Gasteiger charge is -2.20. The van der Waals surface area contributed by atoms with Crippen LogP contribution in [0.25, 0.3) is 10.9 Å². The zero-order valence-electron chi connectivity index (χ0n) is 12.0. The van der Waals surface area contributed by atoms with Crippen LogP contribution in [0, 0.1) is 0 Å². The Balaban J connectivity index is 2.13. The number of hydrogen-bond donors (Lipinski definition) is 1. The summed E-state index contributed by atoms with van der Waals surface area (Å²) in [6.45, 7) is 2.51. The lowest BCUT2D eigenvalue weighted by molar-refractivity contribution is -0.139. The predicted octanol–water partition coefficient (Wildman–Crippen LogP) is 4.10. The number of nitrogens with zero attached hydrogens (tertiary/aromatic N) is 1. The highest BCUT2D eigenvalue weighted by Gasteiger charge is 2.31. The molecule has 1 N–H and O–H groups in total. The second kappa shape index (κ2) is 6.89. The summed E-state index contributed by atoms with van der Waals surface area (Å²) in [5.74, 6) is 0. The summed E-state index contributed by atoms with van der Waals surface area (Å²) < 4.78 is 37.9. The SMILES string of the molecule is CCCNC(Cc1ccc2ccccc2n1)CC(F)(F)F. The van der Waals surface area contributed by atoms with Crippen LogP contribution in [0.15, 0.2) is 36.4 Å². The fraction of sp³-hybridized carbons (Fsp3) is 0.438. The first-order valence-corrected chi connectivity index (χ1v) is 7.13. The highest BCUT2D eigenvalue weighted by molar-refractivity contribution is 5.78. The van der Waals surface area contributed by atoms with Crippen LogP contribution >= 0.6 is 0 Å². The minimum atomic E-state index is -4.16. The van der Waals surface area contributed by atoms with Crippen molar-refractivity contribution in [3.63, 3.8) is 0 Å². The van der Waals surface area contributed by atoms with Crippen LogP contribution in [0.3, 0.4) is 0 Å². The third-order valence-electron chi connectivity index (χ3n) is 3.27. The number of aromatic nitrogens is 1. The van der Waals surface area contributed by atoms with Gasteiger partial charge in [-0.2, -0.15) is 13.2 Å². The standard InChI is InChI=1S/C16H19F3N2/c1-2-9-20-14(11-16(17,18)19)10-13-8-7-12-5-3-4-6-15(12)21-13/h3-8,14,20H,2,9-11H2,1H3. The van der Waals surface area contributed by atoms with Gasteiger partial charge in [-0.05, 0) is 25.1 Å². The molecule has 1 unspecified atom stereocenters. The van der Waals surface area contributed by atoms with E-state index in [1.54, 1.807) is 6.07 Å². The molecule has 0 spiro atoms. The summed E-state index contributed by atoms with van der Waals surface area (Å²) in [6, 6.07) is 10.7. The Bertz CT molecular complexity index is 581. The fourth-order valence-corrected chi connectivity index (χ4v) is 2.32. The van der Waals surface area contributed by atoms with Crippen LogP contribution in [-0.4, -0.2) is 23.7 Å². The fourth-order valence-electron chi connectivity index (χ4n) is 2.32. The molecule has 5 heteroatoms. The van der Waals surface area contributed by atoms with Gasteiger partial charge in [0, 0.05) is 23.5 Å². The number of rotatable bonds is 6. The number of nitrogens with one attached hydrogen (secondary N) is 1. The lowest BCUT2D eigenvalue weighted by Crippen LogP contribution is -2.36. The highest BCUT2D eigenvalue weighted by Crippen LogP contribution is 2.23. The summed E-state index contributed by atoms with van der Waals surface area (Å²) in [5.41, 5.74) is 1.50. The van der Waals surface area contributed by atoms with Crippen LogP contribution in [0.1, 0.15) is 25.5 Å². The molecule has 0 fully saturated rings. The Morgan fingerprint density at radius 2 is 1.90 bits per heavy atom. The zero-order valence-corrected chi connectivity index (χ0v) is 12.0. The van der Waals surface area contributed by atoms with E-state index < -0.39 is 18.6 Å². The van der Waals surface area contributed by atoms with E-state index in [4.69, 9.17) is 0 Å². The van der Waals surface area contributed by atoms with Crippen molar-refractivity contribution in [1.29, 1.82) is 0 Å². The van der Waals surface area contributed by atoms with Crippen molar-refractivity contribution in [3.05, 3.63) is 42.1 Å². The Morgan fingerprint density at radius 1 is 1.14 bits per heavy atom. The smallest absolute Gasteiger partial charge is 0.313 e. The van der Waals surface area contributed by atoms with Crippen LogP contribution in [0.2, 0.25) is 0 Å². The lowest BCUT2D eigenvalue weighted by atomic mass is 10.1. The van der Waals surface area contributed by atoms with Crippen LogP contribution in [0.5, 0.6) is 0 Å². The number of fused-ring (bicyclic) bond motifs is 1. The Morgan fingerprint density at radius 3 is 2.62 bits per heavy atom. The maximum atomic E-state index is 12.6. The van der Waals surface area contributed by atoms with Gasteiger partial charge in [0.15, 0.2) is 0 Å². The highest BCUT2D eigenvalue weighted by atomic mass is 19.4. The molecular formula is C16H19F3N2. The van der Waals surface area contributed by atoms with E-state index in [2.05, 4.69) is 10.3 Å². The van der Waals surface area contributed by atoms with Crippen molar-refractivity contribution in [3.8, 4) is 0 Å². The topological polar surface area (TPSA) is 24.9 Å². The number of alkyl halides is 3. The molecular weight excluding hydrogens is 277 g/mol. The van der Waals surface area contributed by atoms with Gasteiger partial charge in [-0.25, -0.2) is 0 Å². The minimum Gasteiger partial charge on any atom is -0.313 e. The number of pyridine rings is 1. The van der Waals surface area contributed by atoms with Gasteiger partial charge in [0.2, 0.25) is 0 Å². The molecule has 114 valence electrons. The van der Waals surface area contributed by atoms with Crippen LogP contribution in [0.4, 0.5) is 13.2 Å². The van der Waals surface area contributed by atoms with Crippen molar-refractivity contribution >= 4 is 10.9 Å². The van der Waals surface area contributed by atoms with E-state index in [0.29, 0.717) is 12.2 Å². The maximum Gasteiger partial charge on any atom is 0.390 e. The van der Waals surface area contributed by atoms with Gasteiger partial charge in [-0.1, -0.05) is 31.2 Å². The largest absolute Gasteiger partial charge is 0.390 e. The molecule has 0 radical (unpaired) electrons. The summed E-state index contributed by atoms with van der Waals surface area (Å²) in [5, 5.41) is 3.96. The van der Waals surface area contributed by atoms with E-state index in [9.17, 15) is 13.2 Å². The van der Waals surface area contributed by atoms with Crippen molar-refractivity contribution < 1.29 is 13.2 Å². The molecule has 0 amide bonds. The molecule has 0 aliphatic carbocycles. The van der Waals surface area contributed by atoms with Crippen molar-refractivity contribution in [2.24, 2.45) is 0 Å². The summed E-state index contributed by atoms with van der Waals surface area (Å²) in [4.78, 5) is 4.45. The second-order valence-electron chi connectivity index (χ2n) is 5.17. The van der Waals surface area contributed by atoms with Gasteiger partial charge in [0.05, 0.1) is 11.9 Å². The third kappa shape index (κ3) is 5.01. The number of halogens is 3. The Kier molecular flexibility index (Phi) is 5.17. The van der Waals surface area contributed by atoms with Crippen molar-refractivity contribution in [2.75, 3.05) is 6.54 Å². The first-order valence-electron chi connectivity index (χ1n) is 7.13. The zero-order chi connectivity index (χ0) is 15.3. The van der Waals surface area contributed by atoms with Gasteiger partial charge in [-0.3, -0.25) is 4.98 Å². The van der Waals surface area contributed by atoms with Gasteiger partial charge in [-0.15, -0.1) is 0 Å². The van der Waals surface area contributed by atoms with E-state index in [-0.39, 0.29) is 6.42 Å².